The van der Waals surface area contributed by atoms with E-state index in [4.69, 9.17) is 4.74 Å². The highest BCUT2D eigenvalue weighted by Crippen LogP contribution is 2.31. The van der Waals surface area contributed by atoms with Crippen LogP contribution in [-0.4, -0.2) is 55.9 Å². The molecule has 0 aliphatic carbocycles. The molecule has 5 rings (SSSR count). The maximum atomic E-state index is 13.4. The van der Waals surface area contributed by atoms with Gasteiger partial charge < -0.3 is 9.72 Å². The van der Waals surface area contributed by atoms with Gasteiger partial charge in [-0.25, -0.2) is 4.68 Å². The Labute approximate surface area is 188 Å². The smallest absolute Gasteiger partial charge is 0.253 e. The van der Waals surface area contributed by atoms with E-state index in [9.17, 15) is 4.79 Å². The lowest BCUT2D eigenvalue weighted by Gasteiger charge is -2.36. The summed E-state index contributed by atoms with van der Waals surface area (Å²) in [6.45, 7) is 9.69. The number of nitrogens with zero attached hydrogens (tertiary/aromatic N) is 5. The van der Waals surface area contributed by atoms with E-state index in [2.05, 4.69) is 58.3 Å². The third-order valence-corrected chi connectivity index (χ3v) is 7.04. The molecule has 8 heteroatoms. The summed E-state index contributed by atoms with van der Waals surface area (Å²) in [6, 6.07) is 5.95. The van der Waals surface area contributed by atoms with Gasteiger partial charge in [0, 0.05) is 24.2 Å². The number of piperidine rings is 1. The summed E-state index contributed by atoms with van der Waals surface area (Å²) in [5.41, 5.74) is 3.88. The van der Waals surface area contributed by atoms with Crippen LogP contribution >= 0.6 is 0 Å². The molecular formula is C24H32N6O2. The Hall–Kier alpha value is -2.58. The van der Waals surface area contributed by atoms with Crippen molar-refractivity contribution in [2.45, 2.75) is 65.1 Å². The summed E-state index contributed by atoms with van der Waals surface area (Å²) in [4.78, 5) is 18.9. The van der Waals surface area contributed by atoms with Gasteiger partial charge in [-0.15, -0.1) is 5.10 Å². The molecule has 0 unspecified atom stereocenters. The van der Waals surface area contributed by atoms with Gasteiger partial charge in [-0.2, -0.15) is 0 Å². The molecule has 0 bridgehead atoms. The van der Waals surface area contributed by atoms with E-state index >= 15 is 0 Å². The number of benzene rings is 1. The average molecular weight is 437 g/mol. The number of pyridine rings is 1. The van der Waals surface area contributed by atoms with Gasteiger partial charge in [-0.1, -0.05) is 6.92 Å². The molecule has 0 spiro atoms. The van der Waals surface area contributed by atoms with Crippen LogP contribution in [0.15, 0.2) is 23.0 Å². The fourth-order valence-electron chi connectivity index (χ4n) is 5.17. The number of H-pyrrole nitrogens is 1. The number of aryl methyl sites for hydroxylation is 2. The number of likely N-dealkylation sites (tertiary alicyclic amines) is 1. The van der Waals surface area contributed by atoms with Crippen molar-refractivity contribution < 1.29 is 4.74 Å². The highest BCUT2D eigenvalue weighted by Gasteiger charge is 2.33. The van der Waals surface area contributed by atoms with Crippen molar-refractivity contribution in [1.82, 2.24) is 30.1 Å². The minimum Gasteiger partial charge on any atom is -0.376 e. The average Bonchev–Trinajstić information content (AvgIpc) is 3.43. The topological polar surface area (TPSA) is 88.9 Å². The second kappa shape index (κ2) is 8.75. The Morgan fingerprint density at radius 2 is 2.03 bits per heavy atom. The van der Waals surface area contributed by atoms with E-state index in [0.29, 0.717) is 18.0 Å². The number of nitrogens with one attached hydrogen (secondary N) is 1. The number of fused-ring (bicyclic) bond motifs is 1. The van der Waals surface area contributed by atoms with Gasteiger partial charge in [0.1, 0.15) is 6.04 Å². The molecule has 0 amide bonds. The predicted octanol–water partition coefficient (Wildman–Crippen LogP) is 3.13. The normalized spacial score (nSPS) is 23.1. The van der Waals surface area contributed by atoms with E-state index in [0.717, 1.165) is 55.7 Å². The summed E-state index contributed by atoms with van der Waals surface area (Å²) in [7, 11) is 0. The van der Waals surface area contributed by atoms with Crippen molar-refractivity contribution in [3.8, 4) is 0 Å². The standard InChI is InChI=1S/C24H32N6O2/c1-15-6-4-8-29(13-15)22(23-26-27-28-30(23)14-19-7-5-9-32-19)20-12-18-10-16(2)17(3)11-21(18)25-24(20)31/h10-12,15,19,22H,4-9,13-14H2,1-3H3,(H,25,31)/t15-,19+,22-/m0/s1. The molecule has 1 aromatic carbocycles. The first-order valence-corrected chi connectivity index (χ1v) is 11.8. The fourth-order valence-corrected chi connectivity index (χ4v) is 5.17. The van der Waals surface area contributed by atoms with Crippen molar-refractivity contribution in [2.75, 3.05) is 19.7 Å². The van der Waals surface area contributed by atoms with Gasteiger partial charge in [0.25, 0.3) is 5.56 Å². The van der Waals surface area contributed by atoms with E-state index in [-0.39, 0.29) is 17.7 Å². The van der Waals surface area contributed by atoms with Crippen LogP contribution in [0.3, 0.4) is 0 Å². The zero-order chi connectivity index (χ0) is 22.2. The second-order valence-corrected chi connectivity index (χ2v) is 9.58. The molecule has 2 fully saturated rings. The number of hydrogen-bond donors (Lipinski definition) is 1. The molecule has 170 valence electrons. The lowest BCUT2D eigenvalue weighted by molar-refractivity contribution is 0.0889. The largest absolute Gasteiger partial charge is 0.376 e. The van der Waals surface area contributed by atoms with Crippen LogP contribution in [0, 0.1) is 19.8 Å². The summed E-state index contributed by atoms with van der Waals surface area (Å²) in [6.07, 6.45) is 4.52. The lowest BCUT2D eigenvalue weighted by atomic mass is 9.95. The monoisotopic (exact) mass is 436 g/mol. The third-order valence-electron chi connectivity index (χ3n) is 7.04. The van der Waals surface area contributed by atoms with Crippen LogP contribution in [0.4, 0.5) is 0 Å². The molecule has 2 saturated heterocycles. The number of tetrazole rings is 1. The molecule has 2 aliphatic rings. The van der Waals surface area contributed by atoms with E-state index < -0.39 is 0 Å². The van der Waals surface area contributed by atoms with Crippen molar-refractivity contribution in [1.29, 1.82) is 0 Å². The number of aromatic nitrogens is 5. The molecular weight excluding hydrogens is 404 g/mol. The highest BCUT2D eigenvalue weighted by atomic mass is 16.5. The molecule has 4 heterocycles. The first-order chi connectivity index (χ1) is 15.5. The number of hydrogen-bond acceptors (Lipinski definition) is 6. The van der Waals surface area contributed by atoms with E-state index in [1.807, 2.05) is 10.7 Å². The molecule has 1 N–H and O–H groups in total. The molecule has 3 atom stereocenters. The zero-order valence-corrected chi connectivity index (χ0v) is 19.2. The van der Waals surface area contributed by atoms with Crippen molar-refractivity contribution in [3.05, 3.63) is 51.1 Å². The Morgan fingerprint density at radius 1 is 1.19 bits per heavy atom. The first-order valence-electron chi connectivity index (χ1n) is 11.8. The van der Waals surface area contributed by atoms with Gasteiger partial charge >= 0.3 is 0 Å². The van der Waals surface area contributed by atoms with Crippen LogP contribution in [0.25, 0.3) is 10.9 Å². The second-order valence-electron chi connectivity index (χ2n) is 9.58. The third kappa shape index (κ3) is 4.09. The van der Waals surface area contributed by atoms with Crippen LogP contribution < -0.4 is 5.56 Å². The minimum atomic E-state index is -0.288. The summed E-state index contributed by atoms with van der Waals surface area (Å²) >= 11 is 0. The molecule has 3 aromatic rings. The molecule has 0 radical (unpaired) electrons. The van der Waals surface area contributed by atoms with Crippen molar-refractivity contribution in [2.24, 2.45) is 5.92 Å². The van der Waals surface area contributed by atoms with Gasteiger partial charge in [0.15, 0.2) is 5.82 Å². The molecule has 0 saturated carbocycles. The number of aromatic amines is 1. The number of rotatable bonds is 5. The van der Waals surface area contributed by atoms with Gasteiger partial charge in [-0.05, 0) is 97.1 Å². The van der Waals surface area contributed by atoms with Gasteiger partial charge in [-0.3, -0.25) is 9.69 Å². The van der Waals surface area contributed by atoms with Gasteiger partial charge in [0.05, 0.1) is 12.6 Å². The summed E-state index contributed by atoms with van der Waals surface area (Å²) < 4.78 is 7.69. The van der Waals surface area contributed by atoms with Crippen LogP contribution in [0.2, 0.25) is 0 Å². The summed E-state index contributed by atoms with van der Waals surface area (Å²) in [5.74, 6) is 1.29. The van der Waals surface area contributed by atoms with Crippen molar-refractivity contribution >= 4 is 10.9 Å². The molecule has 2 aromatic heterocycles. The van der Waals surface area contributed by atoms with E-state index in [1.165, 1.54) is 17.5 Å². The Kier molecular flexibility index (Phi) is 5.82. The fraction of sp³-hybridized carbons (Fsp3) is 0.583. The predicted molar refractivity (Wildman–Crippen MR) is 123 cm³/mol. The van der Waals surface area contributed by atoms with E-state index in [1.54, 1.807) is 0 Å². The molecule has 8 nitrogen and oxygen atoms in total. The van der Waals surface area contributed by atoms with Crippen LogP contribution in [0.1, 0.15) is 61.2 Å². The Morgan fingerprint density at radius 3 is 2.81 bits per heavy atom. The molecule has 32 heavy (non-hydrogen) atoms. The SMILES string of the molecule is Cc1cc2cc([C@@H](c3nnnn3C[C@H]3CCCO3)N3CCC[C@H](C)C3)c(=O)[nH]c2cc1C. The maximum Gasteiger partial charge on any atom is 0.253 e. The quantitative estimate of drug-likeness (QED) is 0.661. The Balaban J connectivity index is 1.61. The lowest BCUT2D eigenvalue weighted by Crippen LogP contribution is -2.41. The zero-order valence-electron chi connectivity index (χ0n) is 19.2. The molecule has 2 aliphatic heterocycles. The summed E-state index contributed by atoms with van der Waals surface area (Å²) in [5, 5.41) is 13.8. The minimum absolute atomic E-state index is 0.0735. The highest BCUT2D eigenvalue weighted by molar-refractivity contribution is 5.81. The Bertz CT molecular complexity index is 1160. The maximum absolute atomic E-state index is 13.4. The van der Waals surface area contributed by atoms with Crippen molar-refractivity contribution in [3.63, 3.8) is 0 Å². The van der Waals surface area contributed by atoms with Crippen LogP contribution in [0.5, 0.6) is 0 Å². The first kappa shape index (κ1) is 21.3. The number of ether oxygens (including phenoxy) is 1. The van der Waals surface area contributed by atoms with Crippen LogP contribution in [-0.2, 0) is 11.3 Å². The van der Waals surface area contributed by atoms with Gasteiger partial charge in [0.2, 0.25) is 0 Å².